The molecule has 0 radical (unpaired) electrons. The van der Waals surface area contributed by atoms with Crippen molar-refractivity contribution in [2.75, 3.05) is 0 Å². The lowest BCUT2D eigenvalue weighted by atomic mass is 10.1. The molecule has 12 heteroatoms. The van der Waals surface area contributed by atoms with Gasteiger partial charge in [0.15, 0.2) is 0 Å². The molecule has 0 aliphatic carbocycles. The van der Waals surface area contributed by atoms with Gasteiger partial charge in [-0.1, -0.05) is 27.7 Å². The van der Waals surface area contributed by atoms with E-state index in [1.165, 1.54) is 4.68 Å². The van der Waals surface area contributed by atoms with Crippen molar-refractivity contribution in [1.29, 1.82) is 0 Å². The molecule has 1 aromatic heterocycles. The highest BCUT2D eigenvalue weighted by molar-refractivity contribution is 9.10. The standard InChI is InChI=1S/C15H9BrF3N5O2S/c16-11-1-3-12(4-2-11)23-14(20-21-22-23)27-8-9-5-10(15(17,18)19)7-13(6-9)24(25)26/h1-7H,8H2. The van der Waals surface area contributed by atoms with Crippen molar-refractivity contribution in [3.8, 4) is 5.69 Å². The van der Waals surface area contributed by atoms with Crippen LogP contribution in [0.15, 0.2) is 52.1 Å². The van der Waals surface area contributed by atoms with Gasteiger partial charge in [0.2, 0.25) is 5.16 Å². The predicted octanol–water partition coefficient (Wildman–Crippen LogP) is 4.64. The van der Waals surface area contributed by atoms with Crippen LogP contribution in [0, 0.1) is 10.1 Å². The van der Waals surface area contributed by atoms with E-state index >= 15 is 0 Å². The second-order valence-corrected chi connectivity index (χ2v) is 7.14. The van der Waals surface area contributed by atoms with Crippen molar-refractivity contribution in [3.05, 3.63) is 68.2 Å². The van der Waals surface area contributed by atoms with Crippen molar-refractivity contribution in [3.63, 3.8) is 0 Å². The molecule has 0 aliphatic rings. The fraction of sp³-hybridized carbons (Fsp3) is 0.133. The van der Waals surface area contributed by atoms with Crippen molar-refractivity contribution in [2.45, 2.75) is 17.1 Å². The second kappa shape index (κ2) is 7.64. The highest BCUT2D eigenvalue weighted by Gasteiger charge is 2.32. The monoisotopic (exact) mass is 459 g/mol. The molecule has 0 bridgehead atoms. The van der Waals surface area contributed by atoms with Crippen LogP contribution in [0.3, 0.4) is 0 Å². The molecule has 140 valence electrons. The van der Waals surface area contributed by atoms with Gasteiger partial charge in [-0.3, -0.25) is 10.1 Å². The molecular formula is C15H9BrF3N5O2S. The van der Waals surface area contributed by atoms with Gasteiger partial charge >= 0.3 is 6.18 Å². The van der Waals surface area contributed by atoms with E-state index in [1.54, 1.807) is 24.3 Å². The van der Waals surface area contributed by atoms with Crippen LogP contribution in [0.1, 0.15) is 11.1 Å². The number of thioether (sulfide) groups is 1. The summed E-state index contributed by atoms with van der Waals surface area (Å²) >= 11 is 4.39. The van der Waals surface area contributed by atoms with E-state index in [-0.39, 0.29) is 11.3 Å². The van der Waals surface area contributed by atoms with E-state index < -0.39 is 22.4 Å². The van der Waals surface area contributed by atoms with Crippen LogP contribution >= 0.6 is 27.7 Å². The van der Waals surface area contributed by atoms with Crippen LogP contribution in [-0.4, -0.2) is 25.1 Å². The fourth-order valence-electron chi connectivity index (χ4n) is 2.19. The van der Waals surface area contributed by atoms with E-state index in [0.29, 0.717) is 16.9 Å². The van der Waals surface area contributed by atoms with Gasteiger partial charge in [0.1, 0.15) is 0 Å². The summed E-state index contributed by atoms with van der Waals surface area (Å²) in [5, 5.41) is 22.6. The van der Waals surface area contributed by atoms with Gasteiger partial charge in [-0.25, -0.2) is 0 Å². The Morgan fingerprint density at radius 1 is 1.19 bits per heavy atom. The molecule has 0 aliphatic heterocycles. The third-order valence-corrected chi connectivity index (χ3v) is 4.91. The van der Waals surface area contributed by atoms with Gasteiger partial charge in [-0.2, -0.15) is 17.9 Å². The lowest BCUT2D eigenvalue weighted by Crippen LogP contribution is -2.06. The fourth-order valence-corrected chi connectivity index (χ4v) is 3.27. The number of nitro groups is 1. The molecule has 1 heterocycles. The van der Waals surface area contributed by atoms with Crippen LogP contribution in [0.2, 0.25) is 0 Å². The number of nitrogens with zero attached hydrogens (tertiary/aromatic N) is 5. The summed E-state index contributed by atoms with van der Waals surface area (Å²) in [4.78, 5) is 10.1. The van der Waals surface area contributed by atoms with Crippen LogP contribution in [0.4, 0.5) is 18.9 Å². The Hall–Kier alpha value is -2.47. The van der Waals surface area contributed by atoms with Crippen molar-refractivity contribution in [1.82, 2.24) is 20.2 Å². The summed E-state index contributed by atoms with van der Waals surface area (Å²) < 4.78 is 41.2. The van der Waals surface area contributed by atoms with Crippen molar-refractivity contribution in [2.24, 2.45) is 0 Å². The number of aromatic nitrogens is 4. The van der Waals surface area contributed by atoms with Crippen LogP contribution in [0.5, 0.6) is 0 Å². The van der Waals surface area contributed by atoms with Crippen LogP contribution in [-0.2, 0) is 11.9 Å². The largest absolute Gasteiger partial charge is 0.416 e. The topological polar surface area (TPSA) is 86.7 Å². The Balaban J connectivity index is 1.85. The van der Waals surface area contributed by atoms with E-state index in [0.717, 1.165) is 28.4 Å². The number of non-ortho nitro benzene ring substituents is 1. The third-order valence-electron chi connectivity index (χ3n) is 3.40. The molecule has 0 N–H and O–H groups in total. The zero-order chi connectivity index (χ0) is 19.6. The van der Waals surface area contributed by atoms with Gasteiger partial charge in [0.05, 0.1) is 16.2 Å². The Kier molecular flexibility index (Phi) is 5.46. The van der Waals surface area contributed by atoms with E-state index in [2.05, 4.69) is 31.5 Å². The minimum Gasteiger partial charge on any atom is -0.258 e. The number of alkyl halides is 3. The van der Waals surface area contributed by atoms with Gasteiger partial charge < -0.3 is 0 Å². The number of hydrogen-bond donors (Lipinski definition) is 0. The molecular weight excluding hydrogens is 451 g/mol. The molecule has 0 unspecified atom stereocenters. The first-order chi connectivity index (χ1) is 12.7. The van der Waals surface area contributed by atoms with Gasteiger partial charge in [0.25, 0.3) is 5.69 Å². The van der Waals surface area contributed by atoms with Crippen molar-refractivity contribution >= 4 is 33.4 Å². The number of hydrogen-bond acceptors (Lipinski definition) is 6. The molecule has 3 aromatic rings. The second-order valence-electron chi connectivity index (χ2n) is 5.28. The minimum absolute atomic E-state index is 0.0294. The number of tetrazole rings is 1. The van der Waals surface area contributed by atoms with Gasteiger partial charge in [-0.05, 0) is 46.3 Å². The minimum atomic E-state index is -4.68. The first-order valence-electron chi connectivity index (χ1n) is 7.27. The zero-order valence-electron chi connectivity index (χ0n) is 13.2. The smallest absolute Gasteiger partial charge is 0.258 e. The maximum Gasteiger partial charge on any atom is 0.416 e. The quantitative estimate of drug-likeness (QED) is 0.313. The highest BCUT2D eigenvalue weighted by Crippen LogP contribution is 2.34. The summed E-state index contributed by atoms with van der Waals surface area (Å²) in [6.45, 7) is 0. The van der Waals surface area contributed by atoms with Crippen molar-refractivity contribution < 1.29 is 18.1 Å². The lowest BCUT2D eigenvalue weighted by molar-refractivity contribution is -0.385. The van der Waals surface area contributed by atoms with Crippen LogP contribution < -0.4 is 0 Å². The summed E-state index contributed by atoms with van der Waals surface area (Å²) in [6.07, 6.45) is -4.68. The molecule has 0 saturated carbocycles. The molecule has 0 atom stereocenters. The summed E-state index contributed by atoms with van der Waals surface area (Å²) in [5.74, 6) is 0.0294. The molecule has 3 rings (SSSR count). The third kappa shape index (κ3) is 4.63. The maximum absolute atomic E-state index is 13.0. The summed E-state index contributed by atoms with van der Waals surface area (Å²) in [5.41, 5.74) is -0.875. The number of benzene rings is 2. The predicted molar refractivity (Wildman–Crippen MR) is 94.5 cm³/mol. The zero-order valence-corrected chi connectivity index (χ0v) is 15.6. The number of rotatable bonds is 5. The highest BCUT2D eigenvalue weighted by atomic mass is 79.9. The Morgan fingerprint density at radius 2 is 1.89 bits per heavy atom. The average Bonchev–Trinajstić information content (AvgIpc) is 3.08. The van der Waals surface area contributed by atoms with Gasteiger partial charge in [0, 0.05) is 22.4 Å². The maximum atomic E-state index is 13.0. The SMILES string of the molecule is O=[N+]([O-])c1cc(CSc2nnnn2-c2ccc(Br)cc2)cc(C(F)(F)F)c1. The van der Waals surface area contributed by atoms with E-state index in [9.17, 15) is 23.3 Å². The molecule has 0 saturated heterocycles. The molecule has 27 heavy (non-hydrogen) atoms. The molecule has 7 nitrogen and oxygen atoms in total. The summed E-state index contributed by atoms with van der Waals surface area (Å²) in [6, 6.07) is 9.62. The lowest BCUT2D eigenvalue weighted by Gasteiger charge is -2.09. The Bertz CT molecular complexity index is 978. The molecule has 0 spiro atoms. The first-order valence-corrected chi connectivity index (χ1v) is 9.04. The first kappa shape index (κ1) is 19.3. The number of nitro benzene ring substituents is 1. The Morgan fingerprint density at radius 3 is 2.52 bits per heavy atom. The van der Waals surface area contributed by atoms with Crippen LogP contribution in [0.25, 0.3) is 5.69 Å². The molecule has 2 aromatic carbocycles. The molecule has 0 amide bonds. The Labute approximate surface area is 162 Å². The summed E-state index contributed by atoms with van der Waals surface area (Å²) in [7, 11) is 0. The van der Waals surface area contributed by atoms with Gasteiger partial charge in [-0.15, -0.1) is 5.10 Å². The van der Waals surface area contributed by atoms with E-state index in [1.807, 2.05) is 0 Å². The normalized spacial score (nSPS) is 11.6. The number of halogens is 4. The molecule has 0 fully saturated rings. The average molecular weight is 460 g/mol. The van der Waals surface area contributed by atoms with E-state index in [4.69, 9.17) is 0 Å².